The van der Waals surface area contributed by atoms with E-state index in [4.69, 9.17) is 4.42 Å². The molecular formula is C12H18O2. The molecule has 0 aliphatic heterocycles. The Morgan fingerprint density at radius 3 is 2.79 bits per heavy atom. The minimum absolute atomic E-state index is 0.174. The van der Waals surface area contributed by atoms with E-state index in [1.807, 2.05) is 0 Å². The number of ketones is 1. The predicted molar refractivity (Wildman–Crippen MR) is 56.3 cm³/mol. The molecule has 0 N–H and O–H groups in total. The molecular weight excluding hydrogens is 176 g/mol. The van der Waals surface area contributed by atoms with Crippen molar-refractivity contribution in [3.05, 3.63) is 24.2 Å². The lowest BCUT2D eigenvalue weighted by Crippen LogP contribution is -2.13. The molecule has 78 valence electrons. The van der Waals surface area contributed by atoms with Gasteiger partial charge in [0.05, 0.1) is 11.8 Å². The highest BCUT2D eigenvalue weighted by Gasteiger charge is 2.18. The van der Waals surface area contributed by atoms with Crippen LogP contribution in [0.5, 0.6) is 0 Å². The quantitative estimate of drug-likeness (QED) is 0.647. The second kappa shape index (κ2) is 5.63. The molecule has 1 unspecified atom stereocenters. The first kappa shape index (κ1) is 11.0. The Kier molecular flexibility index (Phi) is 4.44. The van der Waals surface area contributed by atoms with Crippen LogP contribution in [0.15, 0.2) is 23.0 Å². The van der Waals surface area contributed by atoms with Gasteiger partial charge < -0.3 is 4.42 Å². The molecule has 0 saturated carbocycles. The summed E-state index contributed by atoms with van der Waals surface area (Å²) >= 11 is 0. The van der Waals surface area contributed by atoms with E-state index < -0.39 is 0 Å². The summed E-state index contributed by atoms with van der Waals surface area (Å²) in [4.78, 5) is 11.9. The average Bonchev–Trinajstić information content (AvgIpc) is 2.71. The highest BCUT2D eigenvalue weighted by molar-refractivity contribution is 5.97. The minimum atomic E-state index is 0.174. The maximum atomic E-state index is 11.9. The Morgan fingerprint density at radius 2 is 2.29 bits per heavy atom. The van der Waals surface area contributed by atoms with Crippen molar-refractivity contribution in [2.75, 3.05) is 0 Å². The third-order valence-corrected chi connectivity index (χ3v) is 2.58. The maximum Gasteiger partial charge on any atom is 0.169 e. The van der Waals surface area contributed by atoms with Gasteiger partial charge >= 0.3 is 0 Å². The molecule has 14 heavy (non-hydrogen) atoms. The van der Waals surface area contributed by atoms with Gasteiger partial charge in [-0.2, -0.15) is 0 Å². The third-order valence-electron chi connectivity index (χ3n) is 2.58. The Labute approximate surface area is 85.3 Å². The first-order valence-corrected chi connectivity index (χ1v) is 5.36. The molecule has 0 amide bonds. The van der Waals surface area contributed by atoms with Crippen LogP contribution in [-0.2, 0) is 0 Å². The van der Waals surface area contributed by atoms with E-state index in [0.717, 1.165) is 25.7 Å². The number of Topliss-reactive ketones (excluding diaryl/α,β-unsaturated/α-hetero) is 1. The van der Waals surface area contributed by atoms with E-state index in [1.54, 1.807) is 12.3 Å². The summed E-state index contributed by atoms with van der Waals surface area (Å²) in [7, 11) is 0. The fourth-order valence-corrected chi connectivity index (χ4v) is 1.61. The highest BCUT2D eigenvalue weighted by Crippen LogP contribution is 2.18. The summed E-state index contributed by atoms with van der Waals surface area (Å²) in [5.41, 5.74) is 0.716. The standard InChI is InChI=1S/C12H18O2/c1-3-5-6-10(4-2)12(13)11-7-8-14-9-11/h7-10H,3-6H2,1-2H3. The van der Waals surface area contributed by atoms with Crippen molar-refractivity contribution in [1.82, 2.24) is 0 Å². The molecule has 1 atom stereocenters. The largest absolute Gasteiger partial charge is 0.472 e. The molecule has 2 nitrogen and oxygen atoms in total. The Morgan fingerprint density at radius 1 is 1.50 bits per heavy atom. The van der Waals surface area contributed by atoms with E-state index in [-0.39, 0.29) is 11.7 Å². The molecule has 1 rings (SSSR count). The summed E-state index contributed by atoms with van der Waals surface area (Å²) in [5, 5.41) is 0. The van der Waals surface area contributed by atoms with Crippen molar-refractivity contribution < 1.29 is 9.21 Å². The van der Waals surface area contributed by atoms with Gasteiger partial charge in [0.25, 0.3) is 0 Å². The van der Waals surface area contributed by atoms with Crippen LogP contribution in [-0.4, -0.2) is 5.78 Å². The first-order valence-electron chi connectivity index (χ1n) is 5.36. The lowest BCUT2D eigenvalue weighted by atomic mass is 9.92. The van der Waals surface area contributed by atoms with E-state index in [0.29, 0.717) is 5.56 Å². The number of carbonyl (C=O) groups is 1. The minimum Gasteiger partial charge on any atom is -0.472 e. The summed E-state index contributed by atoms with van der Waals surface area (Å²) in [5.74, 6) is 0.405. The number of furan rings is 1. The number of carbonyl (C=O) groups excluding carboxylic acids is 1. The predicted octanol–water partition coefficient (Wildman–Crippen LogP) is 3.68. The summed E-state index contributed by atoms with van der Waals surface area (Å²) in [6.45, 7) is 4.22. The van der Waals surface area contributed by atoms with Crippen molar-refractivity contribution in [2.45, 2.75) is 39.5 Å². The van der Waals surface area contributed by atoms with Crippen LogP contribution in [0.4, 0.5) is 0 Å². The topological polar surface area (TPSA) is 30.2 Å². The lowest BCUT2D eigenvalue weighted by Gasteiger charge is -2.11. The number of hydrogen-bond donors (Lipinski definition) is 0. The van der Waals surface area contributed by atoms with Gasteiger partial charge in [0.15, 0.2) is 5.78 Å². The molecule has 0 aliphatic rings. The average molecular weight is 194 g/mol. The zero-order valence-corrected chi connectivity index (χ0v) is 8.95. The molecule has 0 aliphatic carbocycles. The van der Waals surface area contributed by atoms with Gasteiger partial charge in [-0.15, -0.1) is 0 Å². The van der Waals surface area contributed by atoms with Gasteiger partial charge in [0.1, 0.15) is 6.26 Å². The summed E-state index contributed by atoms with van der Waals surface area (Å²) in [6, 6.07) is 1.75. The SMILES string of the molecule is CCCCC(CC)C(=O)c1ccoc1. The summed E-state index contributed by atoms with van der Waals surface area (Å²) < 4.78 is 4.91. The third kappa shape index (κ3) is 2.72. The molecule has 0 bridgehead atoms. The zero-order valence-electron chi connectivity index (χ0n) is 8.95. The molecule has 1 aromatic heterocycles. The second-order valence-electron chi connectivity index (χ2n) is 3.62. The Balaban J connectivity index is 2.56. The number of rotatable bonds is 6. The van der Waals surface area contributed by atoms with Crippen LogP contribution >= 0.6 is 0 Å². The number of unbranched alkanes of at least 4 members (excludes halogenated alkanes) is 1. The van der Waals surface area contributed by atoms with Crippen molar-refractivity contribution in [3.8, 4) is 0 Å². The lowest BCUT2D eigenvalue weighted by molar-refractivity contribution is 0.0907. The maximum absolute atomic E-state index is 11.9. The van der Waals surface area contributed by atoms with Gasteiger partial charge in [0.2, 0.25) is 0 Å². The van der Waals surface area contributed by atoms with Crippen molar-refractivity contribution in [2.24, 2.45) is 5.92 Å². The van der Waals surface area contributed by atoms with Gasteiger partial charge in [-0.3, -0.25) is 4.79 Å². The van der Waals surface area contributed by atoms with Crippen LogP contribution in [0.1, 0.15) is 49.9 Å². The molecule has 1 heterocycles. The van der Waals surface area contributed by atoms with Crippen LogP contribution < -0.4 is 0 Å². The van der Waals surface area contributed by atoms with E-state index in [2.05, 4.69) is 13.8 Å². The molecule has 0 fully saturated rings. The molecule has 0 aromatic carbocycles. The zero-order chi connectivity index (χ0) is 10.4. The smallest absolute Gasteiger partial charge is 0.169 e. The molecule has 1 aromatic rings. The van der Waals surface area contributed by atoms with Crippen molar-refractivity contribution in [1.29, 1.82) is 0 Å². The fraction of sp³-hybridized carbons (Fsp3) is 0.583. The monoisotopic (exact) mass is 194 g/mol. The second-order valence-corrected chi connectivity index (χ2v) is 3.62. The van der Waals surface area contributed by atoms with E-state index >= 15 is 0 Å². The Hall–Kier alpha value is -1.05. The molecule has 0 saturated heterocycles. The van der Waals surface area contributed by atoms with Gasteiger partial charge in [-0.1, -0.05) is 26.7 Å². The first-order chi connectivity index (χ1) is 6.79. The van der Waals surface area contributed by atoms with Crippen LogP contribution in [0.25, 0.3) is 0 Å². The van der Waals surface area contributed by atoms with Gasteiger partial charge in [0, 0.05) is 5.92 Å². The van der Waals surface area contributed by atoms with Crippen molar-refractivity contribution in [3.63, 3.8) is 0 Å². The highest BCUT2D eigenvalue weighted by atomic mass is 16.3. The van der Waals surface area contributed by atoms with Crippen LogP contribution in [0, 0.1) is 5.92 Å². The molecule has 2 heteroatoms. The molecule has 0 radical (unpaired) electrons. The van der Waals surface area contributed by atoms with Crippen molar-refractivity contribution >= 4 is 5.78 Å². The van der Waals surface area contributed by atoms with Gasteiger partial charge in [-0.25, -0.2) is 0 Å². The fourth-order valence-electron chi connectivity index (χ4n) is 1.61. The van der Waals surface area contributed by atoms with E-state index in [9.17, 15) is 4.79 Å². The van der Waals surface area contributed by atoms with Crippen LogP contribution in [0.2, 0.25) is 0 Å². The van der Waals surface area contributed by atoms with Gasteiger partial charge in [-0.05, 0) is 18.9 Å². The molecule has 0 spiro atoms. The Bertz CT molecular complexity index is 262. The van der Waals surface area contributed by atoms with Crippen LogP contribution in [0.3, 0.4) is 0 Å². The normalized spacial score (nSPS) is 12.7. The van der Waals surface area contributed by atoms with E-state index in [1.165, 1.54) is 6.26 Å². The summed E-state index contributed by atoms with van der Waals surface area (Å²) in [6.07, 6.45) is 7.29. The number of hydrogen-bond acceptors (Lipinski definition) is 2.